The number of carbonyl (C=O) groups is 6. The van der Waals surface area contributed by atoms with E-state index < -0.39 is 17.4 Å². The number of hydrogen-bond donors (Lipinski definition) is 5. The monoisotopic (exact) mass is 787 g/mol. The summed E-state index contributed by atoms with van der Waals surface area (Å²) in [5.41, 5.74) is -0.594. The van der Waals surface area contributed by atoms with Gasteiger partial charge in [0.2, 0.25) is 17.7 Å². The fourth-order valence-corrected chi connectivity index (χ4v) is 5.34. The van der Waals surface area contributed by atoms with Crippen molar-refractivity contribution in [2.45, 2.75) is 150 Å². The van der Waals surface area contributed by atoms with Gasteiger partial charge in [-0.15, -0.1) is 0 Å². The molecule has 55 heavy (non-hydrogen) atoms. The highest BCUT2D eigenvalue weighted by molar-refractivity contribution is 5.88. The second-order valence-electron chi connectivity index (χ2n) is 15.9. The third kappa shape index (κ3) is 31.9. The Hall–Kier alpha value is -2.98. The van der Waals surface area contributed by atoms with Crippen molar-refractivity contribution in [1.82, 2.24) is 21.3 Å². The van der Waals surface area contributed by atoms with Gasteiger partial charge in [0.1, 0.15) is 19.3 Å². The maximum absolute atomic E-state index is 12.8. The average molecular weight is 787 g/mol. The summed E-state index contributed by atoms with van der Waals surface area (Å²) in [6.45, 7) is 16.3. The van der Waals surface area contributed by atoms with Crippen molar-refractivity contribution in [3.8, 4) is 0 Å². The quantitative estimate of drug-likeness (QED) is 0.0581. The zero-order chi connectivity index (χ0) is 41.5. The second kappa shape index (κ2) is 31.1. The van der Waals surface area contributed by atoms with Crippen LogP contribution >= 0.6 is 0 Å². The Morgan fingerprint density at radius 1 is 0.564 bits per heavy atom. The second-order valence-corrected chi connectivity index (χ2v) is 15.9. The summed E-state index contributed by atoms with van der Waals surface area (Å²) in [5.74, 6) is -1.90. The van der Waals surface area contributed by atoms with E-state index in [1.54, 1.807) is 0 Å². The minimum atomic E-state index is -1.17. The molecule has 5 N–H and O–H groups in total. The Kier molecular flexibility index (Phi) is 29.5. The van der Waals surface area contributed by atoms with Gasteiger partial charge >= 0.3 is 5.97 Å². The van der Waals surface area contributed by atoms with E-state index in [2.05, 4.69) is 28.2 Å². The number of nitrogens with one attached hydrogen (secondary N) is 4. The lowest BCUT2D eigenvalue weighted by Gasteiger charge is -2.31. The summed E-state index contributed by atoms with van der Waals surface area (Å²) >= 11 is 0. The summed E-state index contributed by atoms with van der Waals surface area (Å²) in [6.07, 6.45) is 8.25. The molecule has 0 aromatic carbocycles. The van der Waals surface area contributed by atoms with E-state index in [1.165, 1.54) is 0 Å². The highest BCUT2D eigenvalue weighted by atomic mass is 16.5. The highest BCUT2D eigenvalue weighted by Gasteiger charge is 2.31. The lowest BCUT2D eigenvalue weighted by molar-refractivity contribution is -0.142. The molecule has 0 bridgehead atoms. The summed E-state index contributed by atoms with van der Waals surface area (Å²) in [7, 11) is 0. The number of unbranched alkanes of at least 4 members (excludes halogenated alkanes) is 5. The predicted octanol–water partition coefficient (Wildman–Crippen LogP) is 3.89. The van der Waals surface area contributed by atoms with Crippen LogP contribution in [0.1, 0.15) is 132 Å². The lowest BCUT2D eigenvalue weighted by Crippen LogP contribution is -2.50. The zero-order valence-electron chi connectivity index (χ0n) is 34.9. The molecular formula is C40H74N4O11. The first-order valence-electron chi connectivity index (χ1n) is 20.2. The molecule has 0 spiro atoms. The van der Waals surface area contributed by atoms with E-state index in [4.69, 9.17) is 18.9 Å². The van der Waals surface area contributed by atoms with Gasteiger partial charge in [0.05, 0.1) is 39.1 Å². The van der Waals surface area contributed by atoms with Crippen molar-refractivity contribution in [2.75, 3.05) is 65.9 Å². The van der Waals surface area contributed by atoms with Crippen molar-refractivity contribution in [3.63, 3.8) is 0 Å². The van der Waals surface area contributed by atoms with E-state index in [0.29, 0.717) is 45.4 Å². The van der Waals surface area contributed by atoms with Gasteiger partial charge in [-0.1, -0.05) is 53.4 Å². The summed E-state index contributed by atoms with van der Waals surface area (Å²) in [6, 6.07) is -1.34. The number of carboxylic acid groups (broad SMARTS) is 1. The summed E-state index contributed by atoms with van der Waals surface area (Å²) in [5, 5.41) is 20.8. The largest absolute Gasteiger partial charge is 0.480 e. The molecule has 0 unspecified atom stereocenters. The maximum atomic E-state index is 12.8. The van der Waals surface area contributed by atoms with Gasteiger partial charge in [-0.05, 0) is 59.3 Å². The summed E-state index contributed by atoms with van der Waals surface area (Å²) < 4.78 is 21.6. The Bertz CT molecular complexity index is 1110. The van der Waals surface area contributed by atoms with Crippen LogP contribution in [0, 0.1) is 5.41 Å². The van der Waals surface area contributed by atoms with Crippen LogP contribution in [0.5, 0.6) is 0 Å². The van der Waals surface area contributed by atoms with Crippen molar-refractivity contribution in [1.29, 1.82) is 0 Å². The SMILES string of the molecule is CCCCCCCC(=O)N[C@@H](CCC(=O)NCCOCCOCC(=O)CCCOCCOCC(=O)NCCCC[C@H](NC(C)(C)C)C(=O)C(C)(C)C)C(=O)O. The minimum absolute atomic E-state index is 0.00450. The van der Waals surface area contributed by atoms with Gasteiger partial charge in [0.25, 0.3) is 0 Å². The third-order valence-corrected chi connectivity index (χ3v) is 8.26. The fraction of sp³-hybridized carbons (Fsp3) is 0.850. The molecule has 0 aromatic rings. The van der Waals surface area contributed by atoms with E-state index in [-0.39, 0.29) is 106 Å². The molecule has 15 heteroatoms. The number of carboxylic acids is 1. The average Bonchev–Trinajstić information content (AvgIpc) is 3.10. The van der Waals surface area contributed by atoms with Gasteiger partial charge in [-0.25, -0.2) is 4.79 Å². The number of amides is 3. The van der Waals surface area contributed by atoms with E-state index in [9.17, 15) is 33.9 Å². The maximum Gasteiger partial charge on any atom is 0.326 e. The predicted molar refractivity (Wildman–Crippen MR) is 211 cm³/mol. The van der Waals surface area contributed by atoms with Gasteiger partial charge in [-0.3, -0.25) is 24.0 Å². The van der Waals surface area contributed by atoms with Crippen LogP contribution in [0.4, 0.5) is 0 Å². The van der Waals surface area contributed by atoms with Crippen molar-refractivity contribution >= 4 is 35.3 Å². The van der Waals surface area contributed by atoms with E-state index in [0.717, 1.165) is 38.5 Å². The Morgan fingerprint density at radius 2 is 1.18 bits per heavy atom. The third-order valence-electron chi connectivity index (χ3n) is 8.26. The molecular weight excluding hydrogens is 712 g/mol. The van der Waals surface area contributed by atoms with E-state index >= 15 is 0 Å². The molecule has 0 saturated heterocycles. The first-order chi connectivity index (χ1) is 26.0. The number of hydrogen-bond acceptors (Lipinski definition) is 11. The number of ketones is 2. The molecule has 0 aliphatic carbocycles. The van der Waals surface area contributed by atoms with Crippen LogP contribution in [-0.4, -0.2) is 124 Å². The molecule has 2 atom stereocenters. The van der Waals surface area contributed by atoms with Crippen molar-refractivity contribution < 1.29 is 52.8 Å². The van der Waals surface area contributed by atoms with E-state index in [1.807, 2.05) is 41.5 Å². The number of ether oxygens (including phenoxy) is 4. The van der Waals surface area contributed by atoms with Gasteiger partial charge in [-0.2, -0.15) is 0 Å². The first-order valence-corrected chi connectivity index (χ1v) is 20.2. The molecule has 320 valence electrons. The normalized spacial score (nSPS) is 12.9. The molecule has 0 saturated carbocycles. The summed E-state index contributed by atoms with van der Waals surface area (Å²) in [4.78, 5) is 72.5. The molecule has 0 rings (SSSR count). The Morgan fingerprint density at radius 3 is 1.82 bits per heavy atom. The number of rotatable bonds is 35. The van der Waals surface area contributed by atoms with Crippen molar-refractivity contribution in [3.05, 3.63) is 0 Å². The van der Waals surface area contributed by atoms with Gasteiger partial charge in [0, 0.05) is 49.9 Å². The molecule has 0 fully saturated rings. The Balaban J connectivity index is 3.77. The van der Waals surface area contributed by atoms with Crippen LogP contribution in [0.2, 0.25) is 0 Å². The van der Waals surface area contributed by atoms with Crippen LogP contribution in [0.3, 0.4) is 0 Å². The van der Waals surface area contributed by atoms with Crippen molar-refractivity contribution in [2.24, 2.45) is 5.41 Å². The molecule has 3 amide bonds. The standard InChI is InChI=1S/C40H74N4O11/c1-8-9-10-11-12-18-35(47)43-33(38(50)51)19-20-34(46)42-22-24-53-26-27-54-29-31(45)16-15-23-52-25-28-55-30-36(48)41-21-14-13-17-32(44-40(5,6)7)37(49)39(2,3)4/h32-33,44H,8-30H2,1-7H3,(H,41,48)(H,42,46)(H,43,47)(H,50,51)/t32-,33-/m0/s1. The lowest BCUT2D eigenvalue weighted by atomic mass is 9.84. The van der Waals surface area contributed by atoms with Gasteiger partial charge in [0.15, 0.2) is 11.6 Å². The molecule has 0 aliphatic heterocycles. The topological polar surface area (TPSA) is 208 Å². The number of aliphatic carboxylic acids is 1. The molecule has 0 radical (unpaired) electrons. The van der Waals surface area contributed by atoms with Crippen LogP contribution in [0.15, 0.2) is 0 Å². The fourth-order valence-electron chi connectivity index (χ4n) is 5.34. The van der Waals surface area contributed by atoms with Gasteiger partial charge < -0.3 is 45.3 Å². The Labute approximate surface area is 329 Å². The number of carbonyl (C=O) groups excluding carboxylic acids is 5. The van der Waals surface area contributed by atoms with Crippen LogP contribution < -0.4 is 21.3 Å². The first kappa shape index (κ1) is 52.0. The smallest absolute Gasteiger partial charge is 0.326 e. The number of Topliss-reactive ketones (excluding diaryl/α,β-unsaturated/α-hetero) is 2. The van der Waals surface area contributed by atoms with Crippen LogP contribution in [-0.2, 0) is 47.7 Å². The van der Waals surface area contributed by atoms with Crippen LogP contribution in [0.25, 0.3) is 0 Å². The molecule has 15 nitrogen and oxygen atoms in total. The zero-order valence-corrected chi connectivity index (χ0v) is 34.9. The minimum Gasteiger partial charge on any atom is -0.480 e. The molecule has 0 heterocycles. The highest BCUT2D eigenvalue weighted by Crippen LogP contribution is 2.21. The molecule has 0 aliphatic rings. The molecule has 0 aromatic heterocycles.